The molecule has 0 saturated heterocycles. The Morgan fingerprint density at radius 3 is 2.67 bits per heavy atom. The Bertz CT molecular complexity index is 567. The van der Waals surface area contributed by atoms with E-state index >= 15 is 0 Å². The Balaban J connectivity index is 2.33. The molecule has 6 heteroatoms. The number of hydrogen-bond donors (Lipinski definition) is 1. The summed E-state index contributed by atoms with van der Waals surface area (Å²) in [5, 5.41) is 11.1. The topological polar surface area (TPSA) is 46.5 Å². The van der Waals surface area contributed by atoms with Gasteiger partial charge in [-0.05, 0) is 23.6 Å². The van der Waals surface area contributed by atoms with E-state index in [-0.39, 0.29) is 10.8 Å². The van der Waals surface area contributed by atoms with Crippen molar-refractivity contribution in [2.75, 3.05) is 6.61 Å². The molecule has 0 spiro atoms. The predicted octanol–water partition coefficient (Wildman–Crippen LogP) is 4.19. The molecule has 2 aromatic rings. The van der Waals surface area contributed by atoms with Crippen LogP contribution in [0.3, 0.4) is 0 Å². The zero-order chi connectivity index (χ0) is 13.1. The van der Waals surface area contributed by atoms with Gasteiger partial charge in [-0.2, -0.15) is 0 Å². The lowest BCUT2D eigenvalue weighted by Crippen LogP contribution is -2.09. The van der Waals surface area contributed by atoms with Gasteiger partial charge in [-0.1, -0.05) is 29.3 Å². The molecule has 94 valence electrons. The fraction of sp³-hybridized carbons (Fsp3) is 0.0833. The maximum atomic E-state index is 10.4. The van der Waals surface area contributed by atoms with Crippen molar-refractivity contribution in [1.29, 1.82) is 0 Å². The average molecular weight is 303 g/mol. The second-order valence-corrected chi connectivity index (χ2v) is 5.10. The van der Waals surface area contributed by atoms with Gasteiger partial charge in [-0.25, -0.2) is 4.79 Å². The molecule has 2 rings (SSSR count). The van der Waals surface area contributed by atoms with Gasteiger partial charge in [0.05, 0.1) is 5.02 Å². The van der Waals surface area contributed by atoms with Crippen LogP contribution in [-0.4, -0.2) is 17.7 Å². The smallest absolute Gasteiger partial charge is 0.341 e. The molecule has 0 aliphatic heterocycles. The van der Waals surface area contributed by atoms with Gasteiger partial charge in [-0.15, -0.1) is 11.3 Å². The van der Waals surface area contributed by atoms with E-state index in [1.807, 2.05) is 17.5 Å². The summed E-state index contributed by atoms with van der Waals surface area (Å²) >= 11 is 13.8. The van der Waals surface area contributed by atoms with E-state index in [1.54, 1.807) is 23.5 Å². The largest absolute Gasteiger partial charge is 0.480 e. The summed E-state index contributed by atoms with van der Waals surface area (Å²) in [6.45, 7) is -0.450. The molecule has 1 N–H and O–H groups in total. The first-order chi connectivity index (χ1) is 8.59. The number of rotatable bonds is 4. The molecule has 0 unspecified atom stereocenters. The van der Waals surface area contributed by atoms with E-state index in [2.05, 4.69) is 0 Å². The van der Waals surface area contributed by atoms with Gasteiger partial charge in [0.1, 0.15) is 10.8 Å². The maximum Gasteiger partial charge on any atom is 0.341 e. The summed E-state index contributed by atoms with van der Waals surface area (Å²) in [6.07, 6.45) is 0. The quantitative estimate of drug-likeness (QED) is 0.921. The molecule has 1 heterocycles. The first-order valence-corrected chi connectivity index (χ1v) is 6.59. The summed E-state index contributed by atoms with van der Waals surface area (Å²) < 4.78 is 5.04. The fourth-order valence-corrected chi connectivity index (χ4v) is 2.70. The number of carboxylic acid groups (broad SMARTS) is 1. The van der Waals surface area contributed by atoms with Gasteiger partial charge >= 0.3 is 5.97 Å². The van der Waals surface area contributed by atoms with Crippen LogP contribution in [0.25, 0.3) is 10.4 Å². The lowest BCUT2D eigenvalue weighted by atomic mass is 10.2. The third-order valence-electron chi connectivity index (χ3n) is 2.18. The fourth-order valence-electron chi connectivity index (χ4n) is 1.40. The summed E-state index contributed by atoms with van der Waals surface area (Å²) in [6, 6.07) is 7.22. The first-order valence-electron chi connectivity index (χ1n) is 4.96. The minimum atomic E-state index is -1.07. The lowest BCUT2D eigenvalue weighted by Gasteiger charge is -2.09. The van der Waals surface area contributed by atoms with E-state index in [0.29, 0.717) is 5.02 Å². The first kappa shape index (κ1) is 13.2. The van der Waals surface area contributed by atoms with Gasteiger partial charge in [-0.3, -0.25) is 0 Å². The molecule has 3 nitrogen and oxygen atoms in total. The van der Waals surface area contributed by atoms with E-state index in [1.165, 1.54) is 0 Å². The van der Waals surface area contributed by atoms with Crippen LogP contribution in [0.5, 0.6) is 5.75 Å². The minimum Gasteiger partial charge on any atom is -0.480 e. The van der Waals surface area contributed by atoms with Crippen molar-refractivity contribution in [3.05, 3.63) is 39.7 Å². The van der Waals surface area contributed by atoms with Crippen LogP contribution in [-0.2, 0) is 4.79 Å². The number of benzene rings is 1. The number of halogens is 2. The van der Waals surface area contributed by atoms with Gasteiger partial charge in [0.15, 0.2) is 6.61 Å². The predicted molar refractivity (Wildman–Crippen MR) is 72.9 cm³/mol. The van der Waals surface area contributed by atoms with Crippen LogP contribution in [0.2, 0.25) is 10.0 Å². The van der Waals surface area contributed by atoms with Crippen LogP contribution >= 0.6 is 34.5 Å². The Hall–Kier alpha value is -1.23. The van der Waals surface area contributed by atoms with Gasteiger partial charge in [0.2, 0.25) is 0 Å². The van der Waals surface area contributed by atoms with Crippen molar-refractivity contribution < 1.29 is 14.6 Å². The molecular weight excluding hydrogens is 295 g/mol. The van der Waals surface area contributed by atoms with Crippen LogP contribution in [0.1, 0.15) is 0 Å². The summed E-state index contributed by atoms with van der Waals surface area (Å²) in [5.41, 5.74) is 0.805. The number of ether oxygens (including phenoxy) is 1. The highest BCUT2D eigenvalue weighted by molar-refractivity contribution is 7.13. The van der Waals surface area contributed by atoms with Crippen LogP contribution < -0.4 is 4.74 Å². The second kappa shape index (κ2) is 5.61. The molecular formula is C12H8Cl2O3S. The highest BCUT2D eigenvalue weighted by atomic mass is 35.5. The third-order valence-corrected chi connectivity index (χ3v) is 3.95. The van der Waals surface area contributed by atoms with Crippen molar-refractivity contribution in [3.63, 3.8) is 0 Å². The number of carboxylic acids is 1. The summed E-state index contributed by atoms with van der Waals surface area (Å²) in [5.74, 6) is -0.797. The Morgan fingerprint density at radius 1 is 1.28 bits per heavy atom. The van der Waals surface area contributed by atoms with Crippen LogP contribution in [0, 0.1) is 0 Å². The molecule has 1 aromatic carbocycles. The number of aliphatic carboxylic acids is 1. The third kappa shape index (κ3) is 2.77. The molecule has 0 saturated carbocycles. The van der Waals surface area contributed by atoms with Crippen molar-refractivity contribution in [2.45, 2.75) is 0 Å². The highest BCUT2D eigenvalue weighted by Crippen LogP contribution is 2.40. The molecule has 1 aromatic heterocycles. The van der Waals surface area contributed by atoms with Gasteiger partial charge in [0.25, 0.3) is 0 Å². The van der Waals surface area contributed by atoms with Crippen LogP contribution in [0.15, 0.2) is 29.6 Å². The minimum absolute atomic E-state index is 0.226. The van der Waals surface area contributed by atoms with Gasteiger partial charge < -0.3 is 9.84 Å². The van der Waals surface area contributed by atoms with E-state index in [0.717, 1.165) is 10.4 Å². The van der Waals surface area contributed by atoms with E-state index in [9.17, 15) is 4.79 Å². The van der Waals surface area contributed by atoms with Crippen LogP contribution in [0.4, 0.5) is 0 Å². The Morgan fingerprint density at radius 2 is 2.06 bits per heavy atom. The Kier molecular flexibility index (Phi) is 4.11. The zero-order valence-electron chi connectivity index (χ0n) is 9.02. The molecule has 18 heavy (non-hydrogen) atoms. The Labute approximate surface area is 118 Å². The summed E-state index contributed by atoms with van der Waals surface area (Å²) in [7, 11) is 0. The number of carbonyl (C=O) groups is 1. The summed E-state index contributed by atoms with van der Waals surface area (Å²) in [4.78, 5) is 11.4. The van der Waals surface area contributed by atoms with Crippen molar-refractivity contribution in [2.24, 2.45) is 0 Å². The monoisotopic (exact) mass is 302 g/mol. The molecule has 0 bridgehead atoms. The molecule has 0 amide bonds. The van der Waals surface area contributed by atoms with Crippen molar-refractivity contribution in [3.8, 4) is 16.2 Å². The van der Waals surface area contributed by atoms with Crippen molar-refractivity contribution >= 4 is 40.5 Å². The highest BCUT2D eigenvalue weighted by Gasteiger charge is 2.13. The van der Waals surface area contributed by atoms with Crippen molar-refractivity contribution in [1.82, 2.24) is 0 Å². The maximum absolute atomic E-state index is 10.4. The average Bonchev–Trinajstić information content (AvgIpc) is 2.84. The molecule has 0 atom stereocenters. The lowest BCUT2D eigenvalue weighted by molar-refractivity contribution is -0.139. The second-order valence-electron chi connectivity index (χ2n) is 3.40. The number of hydrogen-bond acceptors (Lipinski definition) is 3. The SMILES string of the molecule is O=C(O)COc1ccc(-c2cccs2)c(Cl)c1Cl. The number of thiophene rings is 1. The van der Waals surface area contributed by atoms with E-state index < -0.39 is 12.6 Å². The zero-order valence-corrected chi connectivity index (χ0v) is 11.4. The molecule has 0 aliphatic rings. The normalized spacial score (nSPS) is 10.3. The molecule has 0 fully saturated rings. The molecule has 0 aliphatic carbocycles. The molecule has 0 radical (unpaired) electrons. The van der Waals surface area contributed by atoms with Gasteiger partial charge in [0, 0.05) is 10.4 Å². The standard InChI is InChI=1S/C12H8Cl2O3S/c13-11-7(9-2-1-5-18-9)3-4-8(12(11)14)17-6-10(15)16/h1-5H,6H2,(H,15,16). The van der Waals surface area contributed by atoms with E-state index in [4.69, 9.17) is 33.0 Å².